The van der Waals surface area contributed by atoms with Crippen molar-refractivity contribution in [3.05, 3.63) is 36.5 Å². The van der Waals surface area contributed by atoms with Crippen molar-refractivity contribution in [2.75, 3.05) is 0 Å². The Morgan fingerprint density at radius 2 is 2.50 bits per heavy atom. The van der Waals surface area contributed by atoms with E-state index in [1.807, 2.05) is 6.08 Å². The number of hydrogen-bond acceptors (Lipinski definition) is 3. The van der Waals surface area contributed by atoms with Gasteiger partial charge in [0.15, 0.2) is 5.76 Å². The molecule has 2 rings (SSSR count). The lowest BCUT2D eigenvalue weighted by Gasteiger charge is -2.16. The first kappa shape index (κ1) is 6.99. The van der Waals surface area contributed by atoms with E-state index in [2.05, 4.69) is 6.07 Å². The summed E-state index contributed by atoms with van der Waals surface area (Å²) in [5, 5.41) is 8.91. The highest BCUT2D eigenvalue weighted by Crippen LogP contribution is 2.33. The molecule has 1 aromatic heterocycles. The molecule has 60 valence electrons. The van der Waals surface area contributed by atoms with E-state index in [1.54, 1.807) is 12.1 Å². The van der Waals surface area contributed by atoms with Gasteiger partial charge in [-0.25, -0.2) is 0 Å². The molecule has 0 bridgehead atoms. The van der Waals surface area contributed by atoms with Crippen LogP contribution in [0.2, 0.25) is 0 Å². The van der Waals surface area contributed by atoms with E-state index in [4.69, 9.17) is 14.4 Å². The van der Waals surface area contributed by atoms with Crippen molar-refractivity contribution >= 4 is 0 Å². The number of nitriles is 1. The zero-order valence-electron chi connectivity index (χ0n) is 6.36. The van der Waals surface area contributed by atoms with Gasteiger partial charge < -0.3 is 9.15 Å². The van der Waals surface area contributed by atoms with Crippen molar-refractivity contribution in [2.45, 2.75) is 12.0 Å². The summed E-state index contributed by atoms with van der Waals surface area (Å²) in [6.07, 6.45) is 5.44. The van der Waals surface area contributed by atoms with Gasteiger partial charge in [0.25, 0.3) is 5.60 Å². The molecule has 3 heteroatoms. The van der Waals surface area contributed by atoms with Crippen molar-refractivity contribution in [2.24, 2.45) is 0 Å². The molecule has 0 saturated carbocycles. The number of hydrogen-bond donors (Lipinski definition) is 0. The van der Waals surface area contributed by atoms with Crippen molar-refractivity contribution in [1.29, 1.82) is 5.26 Å². The van der Waals surface area contributed by atoms with E-state index in [-0.39, 0.29) is 0 Å². The molecule has 0 amide bonds. The van der Waals surface area contributed by atoms with Gasteiger partial charge >= 0.3 is 0 Å². The molecule has 12 heavy (non-hydrogen) atoms. The second-order valence-electron chi connectivity index (χ2n) is 2.61. The van der Waals surface area contributed by atoms with Gasteiger partial charge in [0.2, 0.25) is 0 Å². The largest absolute Gasteiger partial charge is 0.472 e. The minimum Gasteiger partial charge on any atom is -0.472 e. The van der Waals surface area contributed by atoms with Gasteiger partial charge in [-0.2, -0.15) is 5.26 Å². The van der Waals surface area contributed by atoms with E-state index < -0.39 is 5.60 Å². The fraction of sp³-hybridized carbons (Fsp3) is 0.222. The van der Waals surface area contributed by atoms with Crippen LogP contribution in [-0.4, -0.2) is 0 Å². The van der Waals surface area contributed by atoms with Crippen LogP contribution in [0.15, 0.2) is 35.2 Å². The Kier molecular flexibility index (Phi) is 1.41. The molecular formula is C9H7NO2. The molecule has 0 fully saturated rings. The normalized spacial score (nSPS) is 26.6. The summed E-state index contributed by atoms with van der Waals surface area (Å²) in [4.78, 5) is 0. The van der Waals surface area contributed by atoms with Gasteiger partial charge in [0.1, 0.15) is 6.07 Å². The van der Waals surface area contributed by atoms with E-state index in [0.29, 0.717) is 12.2 Å². The third kappa shape index (κ3) is 0.817. The zero-order chi connectivity index (χ0) is 8.44. The number of nitrogens with zero attached hydrogens (tertiary/aromatic N) is 1. The highest BCUT2D eigenvalue weighted by molar-refractivity contribution is 5.24. The topological polar surface area (TPSA) is 46.2 Å². The van der Waals surface area contributed by atoms with Gasteiger partial charge in [0.05, 0.1) is 12.5 Å². The smallest absolute Gasteiger partial charge is 0.253 e. The molecule has 0 saturated heterocycles. The Morgan fingerprint density at radius 1 is 1.58 bits per heavy atom. The minimum absolute atomic E-state index is 0.553. The van der Waals surface area contributed by atoms with Crippen LogP contribution >= 0.6 is 0 Å². The van der Waals surface area contributed by atoms with Crippen LogP contribution in [-0.2, 0) is 10.3 Å². The van der Waals surface area contributed by atoms with E-state index >= 15 is 0 Å². The predicted molar refractivity (Wildman–Crippen MR) is 40.8 cm³/mol. The third-order valence-electron chi connectivity index (χ3n) is 1.87. The summed E-state index contributed by atoms with van der Waals surface area (Å²) in [6.45, 7) is 0. The highest BCUT2D eigenvalue weighted by atomic mass is 16.5. The summed E-state index contributed by atoms with van der Waals surface area (Å²) < 4.78 is 10.3. The molecule has 0 aliphatic carbocycles. The van der Waals surface area contributed by atoms with Crippen molar-refractivity contribution in [3.8, 4) is 6.07 Å². The molecule has 2 heterocycles. The van der Waals surface area contributed by atoms with Crippen LogP contribution in [0.1, 0.15) is 12.2 Å². The lowest BCUT2D eigenvalue weighted by molar-refractivity contribution is 0.0756. The lowest BCUT2D eigenvalue weighted by atomic mass is 10.00. The molecule has 3 nitrogen and oxygen atoms in total. The quantitative estimate of drug-likeness (QED) is 0.632. The molecule has 1 aliphatic rings. The molecule has 1 aromatic rings. The first-order valence-corrected chi connectivity index (χ1v) is 3.65. The van der Waals surface area contributed by atoms with Gasteiger partial charge in [-0.1, -0.05) is 0 Å². The first-order valence-electron chi connectivity index (χ1n) is 3.65. The van der Waals surface area contributed by atoms with Crippen molar-refractivity contribution in [3.63, 3.8) is 0 Å². The molecule has 0 radical (unpaired) electrons. The summed E-state index contributed by atoms with van der Waals surface area (Å²) in [7, 11) is 0. The average molecular weight is 161 g/mol. The van der Waals surface area contributed by atoms with Crippen LogP contribution in [0.4, 0.5) is 0 Å². The Labute approximate surface area is 69.9 Å². The van der Waals surface area contributed by atoms with E-state index in [9.17, 15) is 0 Å². The van der Waals surface area contributed by atoms with Crippen LogP contribution in [0.5, 0.6) is 0 Å². The van der Waals surface area contributed by atoms with Gasteiger partial charge in [0, 0.05) is 6.42 Å². The summed E-state index contributed by atoms with van der Waals surface area (Å²) in [5.74, 6) is 0.565. The minimum atomic E-state index is -0.913. The number of furan rings is 1. The lowest BCUT2D eigenvalue weighted by Crippen LogP contribution is -2.21. The maximum atomic E-state index is 8.91. The summed E-state index contributed by atoms with van der Waals surface area (Å²) >= 11 is 0. The molecule has 0 N–H and O–H groups in total. The Bertz CT molecular complexity index is 324. The van der Waals surface area contributed by atoms with Gasteiger partial charge in [-0.3, -0.25) is 0 Å². The fourth-order valence-corrected chi connectivity index (χ4v) is 1.22. The molecule has 1 aliphatic heterocycles. The summed E-state index contributed by atoms with van der Waals surface area (Å²) in [6, 6.07) is 5.59. The summed E-state index contributed by atoms with van der Waals surface area (Å²) in [5.41, 5.74) is -0.913. The zero-order valence-corrected chi connectivity index (χ0v) is 6.36. The predicted octanol–water partition coefficient (Wildman–Crippen LogP) is 1.93. The Balaban J connectivity index is 2.38. The average Bonchev–Trinajstić information content (AvgIpc) is 2.76. The van der Waals surface area contributed by atoms with Crippen LogP contribution < -0.4 is 0 Å². The molecule has 1 atom stereocenters. The maximum Gasteiger partial charge on any atom is 0.253 e. The maximum absolute atomic E-state index is 8.91. The SMILES string of the molecule is N#CC1(c2ccco2)CC=CO1. The van der Waals surface area contributed by atoms with Crippen molar-refractivity contribution < 1.29 is 9.15 Å². The molecule has 0 spiro atoms. The third-order valence-corrected chi connectivity index (χ3v) is 1.87. The van der Waals surface area contributed by atoms with Crippen LogP contribution in [0.25, 0.3) is 0 Å². The second kappa shape index (κ2) is 2.42. The number of rotatable bonds is 1. The Hall–Kier alpha value is -1.69. The van der Waals surface area contributed by atoms with Gasteiger partial charge in [-0.05, 0) is 18.2 Å². The van der Waals surface area contributed by atoms with Crippen LogP contribution in [0.3, 0.4) is 0 Å². The van der Waals surface area contributed by atoms with Crippen molar-refractivity contribution in [1.82, 2.24) is 0 Å². The first-order chi connectivity index (χ1) is 5.87. The molecule has 0 aromatic carbocycles. The second-order valence-corrected chi connectivity index (χ2v) is 2.61. The van der Waals surface area contributed by atoms with E-state index in [1.165, 1.54) is 12.5 Å². The molecular weight excluding hydrogens is 154 g/mol. The monoisotopic (exact) mass is 161 g/mol. The fourth-order valence-electron chi connectivity index (χ4n) is 1.22. The number of ether oxygens (including phenoxy) is 1. The van der Waals surface area contributed by atoms with Gasteiger partial charge in [-0.15, -0.1) is 0 Å². The Morgan fingerprint density at radius 3 is 3.00 bits per heavy atom. The molecule has 1 unspecified atom stereocenters. The van der Waals surface area contributed by atoms with Crippen LogP contribution in [0, 0.1) is 11.3 Å². The highest BCUT2D eigenvalue weighted by Gasteiger charge is 2.38. The standard InChI is InChI=1S/C9H7NO2/c10-7-9(4-2-6-12-9)8-3-1-5-11-8/h1-3,5-6H,4H2. The van der Waals surface area contributed by atoms with E-state index in [0.717, 1.165) is 0 Å².